The van der Waals surface area contributed by atoms with Gasteiger partial charge in [-0.2, -0.15) is 0 Å². The van der Waals surface area contributed by atoms with Crippen molar-refractivity contribution in [1.82, 2.24) is 4.72 Å². The molecule has 1 amide bonds. The fraction of sp³-hybridized carbons (Fsp3) is 0.381. The van der Waals surface area contributed by atoms with Crippen LogP contribution in [0.2, 0.25) is 0 Å². The Hall–Kier alpha value is -2.78. The van der Waals surface area contributed by atoms with E-state index in [0.29, 0.717) is 30.4 Å². The van der Waals surface area contributed by atoms with Crippen LogP contribution < -0.4 is 24.2 Å². The molecule has 9 heteroatoms. The van der Waals surface area contributed by atoms with Crippen LogP contribution in [0, 0.1) is 0 Å². The molecule has 2 aromatic carbocycles. The smallest absolute Gasteiger partial charge is 0.255 e. The molecule has 2 aromatic rings. The molecule has 8 nitrogen and oxygen atoms in total. The van der Waals surface area contributed by atoms with Gasteiger partial charge in [-0.05, 0) is 57.0 Å². The van der Waals surface area contributed by atoms with Crippen LogP contribution in [0.4, 0.5) is 5.69 Å². The van der Waals surface area contributed by atoms with Crippen LogP contribution in [0.1, 0.15) is 37.0 Å². The zero-order valence-electron chi connectivity index (χ0n) is 17.2. The third-order valence-electron chi connectivity index (χ3n) is 4.42. The Bertz CT molecular complexity index is 1020. The van der Waals surface area contributed by atoms with Gasteiger partial charge in [-0.15, -0.1) is 0 Å². The first-order valence-corrected chi connectivity index (χ1v) is 11.3. The van der Waals surface area contributed by atoms with E-state index < -0.39 is 15.9 Å². The molecule has 0 heterocycles. The topological polar surface area (TPSA) is 103 Å². The molecule has 0 atom stereocenters. The summed E-state index contributed by atoms with van der Waals surface area (Å²) in [7, 11) is -2.40. The van der Waals surface area contributed by atoms with E-state index in [1.54, 1.807) is 18.2 Å². The van der Waals surface area contributed by atoms with Gasteiger partial charge in [0.25, 0.3) is 5.91 Å². The molecule has 0 spiro atoms. The van der Waals surface area contributed by atoms with E-state index in [-0.39, 0.29) is 22.3 Å². The molecule has 0 aromatic heterocycles. The highest BCUT2D eigenvalue weighted by Gasteiger charge is 2.30. The molecule has 0 unspecified atom stereocenters. The molecule has 3 rings (SSSR count). The molecule has 0 aliphatic heterocycles. The second-order valence-corrected chi connectivity index (χ2v) is 8.43. The van der Waals surface area contributed by atoms with E-state index in [0.717, 1.165) is 12.8 Å². The first kappa shape index (κ1) is 21.9. The van der Waals surface area contributed by atoms with Gasteiger partial charge in [0.15, 0.2) is 11.5 Å². The lowest BCUT2D eigenvalue weighted by atomic mass is 10.2. The van der Waals surface area contributed by atoms with E-state index >= 15 is 0 Å². The lowest BCUT2D eigenvalue weighted by Gasteiger charge is -2.14. The number of ether oxygens (including phenoxy) is 3. The van der Waals surface area contributed by atoms with Crippen molar-refractivity contribution in [1.29, 1.82) is 0 Å². The molecule has 0 bridgehead atoms. The normalized spacial score (nSPS) is 13.6. The fourth-order valence-corrected chi connectivity index (χ4v) is 4.34. The van der Waals surface area contributed by atoms with Gasteiger partial charge in [-0.1, -0.05) is 0 Å². The van der Waals surface area contributed by atoms with Crippen molar-refractivity contribution in [2.24, 2.45) is 0 Å². The van der Waals surface area contributed by atoms with Gasteiger partial charge in [-0.3, -0.25) is 4.79 Å². The third-order valence-corrected chi connectivity index (χ3v) is 5.96. The van der Waals surface area contributed by atoms with E-state index in [1.807, 2.05) is 13.8 Å². The van der Waals surface area contributed by atoms with Crippen LogP contribution in [0.3, 0.4) is 0 Å². The summed E-state index contributed by atoms with van der Waals surface area (Å²) in [6, 6.07) is 9.33. The minimum absolute atomic E-state index is 0.0574. The van der Waals surface area contributed by atoms with Crippen molar-refractivity contribution in [3.05, 3.63) is 42.0 Å². The van der Waals surface area contributed by atoms with Crippen molar-refractivity contribution in [2.45, 2.75) is 37.6 Å². The summed E-state index contributed by atoms with van der Waals surface area (Å²) in [5.74, 6) is 0.830. The summed E-state index contributed by atoms with van der Waals surface area (Å²) < 4.78 is 44.2. The number of carbonyl (C=O) groups is 1. The Morgan fingerprint density at radius 2 is 1.67 bits per heavy atom. The summed E-state index contributed by atoms with van der Waals surface area (Å²) in [6.07, 6.45) is 1.61. The first-order chi connectivity index (χ1) is 14.4. The average molecular weight is 435 g/mol. The average Bonchev–Trinajstić information content (AvgIpc) is 3.53. The van der Waals surface area contributed by atoms with E-state index in [1.165, 1.54) is 25.3 Å². The van der Waals surface area contributed by atoms with Gasteiger partial charge in [0, 0.05) is 23.4 Å². The minimum Gasteiger partial charge on any atom is -0.495 e. The maximum absolute atomic E-state index is 12.8. The number of sulfonamides is 1. The molecule has 30 heavy (non-hydrogen) atoms. The van der Waals surface area contributed by atoms with Crippen LogP contribution in [0.25, 0.3) is 0 Å². The molecule has 162 valence electrons. The second kappa shape index (κ2) is 9.36. The number of amides is 1. The van der Waals surface area contributed by atoms with E-state index in [2.05, 4.69) is 10.0 Å². The number of nitrogens with one attached hydrogen (secondary N) is 2. The highest BCUT2D eigenvalue weighted by Crippen LogP contribution is 2.32. The van der Waals surface area contributed by atoms with Gasteiger partial charge < -0.3 is 19.5 Å². The Labute approximate surface area is 176 Å². The quantitative estimate of drug-likeness (QED) is 0.595. The Kier molecular flexibility index (Phi) is 6.84. The molecular formula is C21H26N2O6S. The number of hydrogen-bond acceptors (Lipinski definition) is 6. The molecule has 1 aliphatic carbocycles. The molecule has 0 saturated heterocycles. The number of carbonyl (C=O) groups excluding carboxylic acids is 1. The standard InChI is InChI=1S/C21H26N2O6S/c1-4-28-17-11-9-16(13-19(17)29-5-2)22-21(24)14-6-10-18(27-3)20(12-14)30(25,26)23-15-7-8-15/h6,9-13,15,23H,4-5,7-8H2,1-3H3,(H,22,24). The van der Waals surface area contributed by atoms with Crippen molar-refractivity contribution >= 4 is 21.6 Å². The number of anilines is 1. The largest absolute Gasteiger partial charge is 0.495 e. The van der Waals surface area contributed by atoms with Crippen molar-refractivity contribution in [3.8, 4) is 17.2 Å². The highest BCUT2D eigenvalue weighted by molar-refractivity contribution is 7.89. The highest BCUT2D eigenvalue weighted by atomic mass is 32.2. The SMILES string of the molecule is CCOc1ccc(NC(=O)c2ccc(OC)c(S(=O)(=O)NC3CC3)c2)cc1OCC. The van der Waals surface area contributed by atoms with Gasteiger partial charge in [0.05, 0.1) is 20.3 Å². The Morgan fingerprint density at radius 1 is 1.00 bits per heavy atom. The summed E-state index contributed by atoms with van der Waals surface area (Å²) >= 11 is 0. The van der Waals surface area contributed by atoms with Gasteiger partial charge in [0.2, 0.25) is 10.0 Å². The van der Waals surface area contributed by atoms with Crippen LogP contribution in [-0.4, -0.2) is 40.7 Å². The zero-order chi connectivity index (χ0) is 21.7. The minimum atomic E-state index is -3.79. The zero-order valence-corrected chi connectivity index (χ0v) is 18.0. The van der Waals surface area contributed by atoms with E-state index in [9.17, 15) is 13.2 Å². The van der Waals surface area contributed by atoms with Crippen LogP contribution in [-0.2, 0) is 10.0 Å². The summed E-state index contributed by atoms with van der Waals surface area (Å²) in [5.41, 5.74) is 0.696. The second-order valence-electron chi connectivity index (χ2n) is 6.74. The number of hydrogen-bond donors (Lipinski definition) is 2. The Balaban J connectivity index is 1.85. The Morgan fingerprint density at radius 3 is 2.30 bits per heavy atom. The predicted molar refractivity (Wildman–Crippen MR) is 113 cm³/mol. The number of rotatable bonds is 10. The molecular weight excluding hydrogens is 408 g/mol. The number of methoxy groups -OCH3 is 1. The van der Waals surface area contributed by atoms with Crippen molar-refractivity contribution in [2.75, 3.05) is 25.6 Å². The first-order valence-electron chi connectivity index (χ1n) is 9.79. The lowest BCUT2D eigenvalue weighted by Crippen LogP contribution is -2.26. The third kappa shape index (κ3) is 5.22. The van der Waals surface area contributed by atoms with Crippen molar-refractivity contribution in [3.63, 3.8) is 0 Å². The molecule has 0 radical (unpaired) electrons. The van der Waals surface area contributed by atoms with Crippen molar-refractivity contribution < 1.29 is 27.4 Å². The van der Waals surface area contributed by atoms with Gasteiger partial charge >= 0.3 is 0 Å². The summed E-state index contributed by atoms with van der Waals surface area (Å²) in [5, 5.41) is 2.77. The van der Waals surface area contributed by atoms with E-state index in [4.69, 9.17) is 14.2 Å². The molecule has 1 fully saturated rings. The van der Waals surface area contributed by atoms with Crippen LogP contribution in [0.5, 0.6) is 17.2 Å². The summed E-state index contributed by atoms with van der Waals surface area (Å²) in [4.78, 5) is 12.7. The van der Waals surface area contributed by atoms with Gasteiger partial charge in [-0.25, -0.2) is 13.1 Å². The maximum Gasteiger partial charge on any atom is 0.255 e. The maximum atomic E-state index is 12.8. The van der Waals surface area contributed by atoms with Crippen LogP contribution in [0.15, 0.2) is 41.3 Å². The van der Waals surface area contributed by atoms with Gasteiger partial charge in [0.1, 0.15) is 10.6 Å². The molecule has 2 N–H and O–H groups in total. The molecule has 1 aliphatic rings. The fourth-order valence-electron chi connectivity index (χ4n) is 2.84. The predicted octanol–water partition coefficient (Wildman–Crippen LogP) is 3.19. The number of benzene rings is 2. The monoisotopic (exact) mass is 434 g/mol. The lowest BCUT2D eigenvalue weighted by molar-refractivity contribution is 0.102. The molecule has 1 saturated carbocycles. The summed E-state index contributed by atoms with van der Waals surface area (Å²) in [6.45, 7) is 4.67. The van der Waals surface area contributed by atoms with Crippen LogP contribution >= 0.6 is 0 Å².